The second-order valence-electron chi connectivity index (χ2n) is 4.08. The van der Waals surface area contributed by atoms with Crippen molar-refractivity contribution in [3.8, 4) is 0 Å². The Balaban J connectivity index is 2.50. The van der Waals surface area contributed by atoms with E-state index in [-0.39, 0.29) is 0 Å². The van der Waals surface area contributed by atoms with Crippen molar-refractivity contribution in [1.82, 2.24) is 0 Å². The van der Waals surface area contributed by atoms with E-state index in [0.29, 0.717) is 0 Å². The number of hydrogen-bond acceptors (Lipinski definition) is 1. The summed E-state index contributed by atoms with van der Waals surface area (Å²) in [7, 11) is 0. The largest absolute Gasteiger partial charge is 0.371 e. The minimum atomic E-state index is 1.07. The highest BCUT2D eigenvalue weighted by molar-refractivity contribution is 5.94. The molecular formula is C15H19N. The average molecular weight is 213 g/mol. The van der Waals surface area contributed by atoms with E-state index in [4.69, 9.17) is 0 Å². The van der Waals surface area contributed by atoms with Crippen molar-refractivity contribution in [1.29, 1.82) is 0 Å². The normalized spacial score (nSPS) is 10.6. The van der Waals surface area contributed by atoms with Crippen molar-refractivity contribution in [2.45, 2.75) is 20.3 Å². The maximum absolute atomic E-state index is 2.45. The van der Waals surface area contributed by atoms with E-state index >= 15 is 0 Å². The predicted octanol–water partition coefficient (Wildman–Crippen LogP) is 4.08. The summed E-state index contributed by atoms with van der Waals surface area (Å²) in [6.07, 6.45) is 1.19. The van der Waals surface area contributed by atoms with Gasteiger partial charge in [-0.3, -0.25) is 0 Å². The molecule has 0 atom stereocenters. The van der Waals surface area contributed by atoms with Gasteiger partial charge in [0.25, 0.3) is 0 Å². The van der Waals surface area contributed by atoms with E-state index < -0.39 is 0 Å². The summed E-state index contributed by atoms with van der Waals surface area (Å²) in [5.74, 6) is 0. The highest BCUT2D eigenvalue weighted by Gasteiger charge is 2.06. The summed E-state index contributed by atoms with van der Waals surface area (Å²) in [6.45, 7) is 6.65. The molecule has 0 unspecified atom stereocenters. The number of fused-ring (bicyclic) bond motifs is 1. The molecule has 0 saturated heterocycles. The third kappa shape index (κ3) is 2.04. The molecule has 84 valence electrons. The minimum absolute atomic E-state index is 1.07. The van der Waals surface area contributed by atoms with Gasteiger partial charge in [-0.2, -0.15) is 0 Å². The maximum atomic E-state index is 2.45. The summed E-state index contributed by atoms with van der Waals surface area (Å²) >= 11 is 0. The Labute approximate surface area is 97.7 Å². The van der Waals surface area contributed by atoms with Crippen LogP contribution in [-0.2, 0) is 0 Å². The minimum Gasteiger partial charge on any atom is -0.371 e. The molecular weight excluding hydrogens is 194 g/mol. The summed E-state index contributed by atoms with van der Waals surface area (Å²) in [6, 6.07) is 15.2. The maximum Gasteiger partial charge on any atom is 0.0445 e. The first-order valence-corrected chi connectivity index (χ1v) is 6.09. The van der Waals surface area contributed by atoms with Crippen molar-refractivity contribution in [2.24, 2.45) is 0 Å². The molecule has 0 aliphatic rings. The molecule has 0 aliphatic carbocycles. The third-order valence-corrected chi connectivity index (χ3v) is 2.98. The second kappa shape index (κ2) is 5.02. The molecule has 0 bridgehead atoms. The molecule has 2 aromatic carbocycles. The fraction of sp³-hybridized carbons (Fsp3) is 0.333. The molecule has 0 N–H and O–H groups in total. The van der Waals surface area contributed by atoms with Crippen LogP contribution in [0.1, 0.15) is 20.3 Å². The summed E-state index contributed by atoms with van der Waals surface area (Å²) in [4.78, 5) is 2.45. The van der Waals surface area contributed by atoms with Gasteiger partial charge in [0.1, 0.15) is 0 Å². The van der Waals surface area contributed by atoms with Gasteiger partial charge in [0.15, 0.2) is 0 Å². The van der Waals surface area contributed by atoms with Gasteiger partial charge in [-0.05, 0) is 24.8 Å². The Kier molecular flexibility index (Phi) is 3.45. The van der Waals surface area contributed by atoms with Crippen LogP contribution < -0.4 is 4.90 Å². The van der Waals surface area contributed by atoms with Crippen LogP contribution >= 0.6 is 0 Å². The van der Waals surface area contributed by atoms with E-state index in [1.165, 1.54) is 22.9 Å². The van der Waals surface area contributed by atoms with Gasteiger partial charge >= 0.3 is 0 Å². The van der Waals surface area contributed by atoms with Gasteiger partial charge in [0, 0.05) is 24.2 Å². The van der Waals surface area contributed by atoms with E-state index in [0.717, 1.165) is 13.1 Å². The molecule has 0 saturated carbocycles. The fourth-order valence-corrected chi connectivity index (χ4v) is 2.20. The van der Waals surface area contributed by atoms with Crippen LogP contribution in [0.4, 0.5) is 5.69 Å². The first kappa shape index (κ1) is 11.0. The smallest absolute Gasteiger partial charge is 0.0445 e. The van der Waals surface area contributed by atoms with E-state index in [1.54, 1.807) is 0 Å². The Morgan fingerprint density at radius 2 is 1.69 bits per heavy atom. The van der Waals surface area contributed by atoms with Crippen LogP contribution in [0.3, 0.4) is 0 Å². The molecule has 2 aromatic rings. The monoisotopic (exact) mass is 213 g/mol. The van der Waals surface area contributed by atoms with Crippen LogP contribution in [0.25, 0.3) is 10.8 Å². The van der Waals surface area contributed by atoms with Crippen molar-refractivity contribution in [2.75, 3.05) is 18.0 Å². The van der Waals surface area contributed by atoms with E-state index in [9.17, 15) is 0 Å². The molecule has 1 heteroatoms. The molecule has 0 spiro atoms. The highest BCUT2D eigenvalue weighted by Crippen LogP contribution is 2.26. The topological polar surface area (TPSA) is 3.24 Å². The number of benzene rings is 2. The van der Waals surface area contributed by atoms with E-state index in [1.807, 2.05) is 0 Å². The van der Waals surface area contributed by atoms with Crippen molar-refractivity contribution < 1.29 is 0 Å². The Bertz CT molecular complexity index is 456. The van der Waals surface area contributed by atoms with Crippen LogP contribution in [0.5, 0.6) is 0 Å². The molecule has 0 aromatic heterocycles. The molecule has 1 nitrogen and oxygen atoms in total. The summed E-state index contributed by atoms with van der Waals surface area (Å²) in [5, 5.41) is 2.69. The molecule has 2 rings (SSSR count). The highest BCUT2D eigenvalue weighted by atomic mass is 15.1. The van der Waals surface area contributed by atoms with Gasteiger partial charge in [-0.1, -0.05) is 43.3 Å². The Hall–Kier alpha value is -1.50. The molecule has 0 aliphatic heterocycles. The number of anilines is 1. The van der Waals surface area contributed by atoms with Crippen molar-refractivity contribution in [3.63, 3.8) is 0 Å². The predicted molar refractivity (Wildman–Crippen MR) is 72.1 cm³/mol. The Morgan fingerprint density at radius 1 is 0.938 bits per heavy atom. The quantitative estimate of drug-likeness (QED) is 0.739. The third-order valence-electron chi connectivity index (χ3n) is 2.98. The van der Waals surface area contributed by atoms with Crippen molar-refractivity contribution in [3.05, 3.63) is 42.5 Å². The zero-order valence-corrected chi connectivity index (χ0v) is 10.1. The summed E-state index contributed by atoms with van der Waals surface area (Å²) in [5.41, 5.74) is 1.36. The summed E-state index contributed by atoms with van der Waals surface area (Å²) < 4.78 is 0. The Morgan fingerprint density at radius 3 is 2.44 bits per heavy atom. The lowest BCUT2D eigenvalue weighted by Gasteiger charge is -2.24. The molecule has 16 heavy (non-hydrogen) atoms. The van der Waals surface area contributed by atoms with E-state index in [2.05, 4.69) is 61.2 Å². The second-order valence-corrected chi connectivity index (χ2v) is 4.08. The molecule has 0 amide bonds. The van der Waals surface area contributed by atoms with Gasteiger partial charge in [-0.15, -0.1) is 0 Å². The van der Waals surface area contributed by atoms with Gasteiger partial charge in [0.05, 0.1) is 0 Å². The van der Waals surface area contributed by atoms with Crippen LogP contribution in [0.15, 0.2) is 42.5 Å². The molecule has 0 heterocycles. The average Bonchev–Trinajstić information content (AvgIpc) is 2.35. The fourth-order valence-electron chi connectivity index (χ4n) is 2.20. The SMILES string of the molecule is CCCN(CC)c1cccc2ccccc12. The first-order valence-electron chi connectivity index (χ1n) is 6.09. The standard InChI is InChI=1S/C15H19N/c1-3-12-16(4-2)15-11-7-9-13-8-5-6-10-14(13)15/h5-11H,3-4,12H2,1-2H3. The number of nitrogens with zero attached hydrogens (tertiary/aromatic N) is 1. The zero-order valence-electron chi connectivity index (χ0n) is 10.1. The number of rotatable bonds is 4. The lowest BCUT2D eigenvalue weighted by Crippen LogP contribution is -2.23. The van der Waals surface area contributed by atoms with Crippen molar-refractivity contribution >= 4 is 16.5 Å². The van der Waals surface area contributed by atoms with Gasteiger partial charge in [0.2, 0.25) is 0 Å². The van der Waals surface area contributed by atoms with Crippen LogP contribution in [-0.4, -0.2) is 13.1 Å². The lowest BCUT2D eigenvalue weighted by molar-refractivity contribution is 0.795. The van der Waals surface area contributed by atoms with Crippen LogP contribution in [0, 0.1) is 0 Å². The van der Waals surface area contributed by atoms with Gasteiger partial charge < -0.3 is 4.90 Å². The van der Waals surface area contributed by atoms with Crippen LogP contribution in [0.2, 0.25) is 0 Å². The molecule has 0 radical (unpaired) electrons. The van der Waals surface area contributed by atoms with Gasteiger partial charge in [-0.25, -0.2) is 0 Å². The zero-order chi connectivity index (χ0) is 11.4. The number of hydrogen-bond donors (Lipinski definition) is 0. The molecule has 0 fully saturated rings. The first-order chi connectivity index (χ1) is 7.86. The lowest BCUT2D eigenvalue weighted by atomic mass is 10.1.